The first kappa shape index (κ1) is 13.6. The van der Waals surface area contributed by atoms with Crippen LogP contribution in [0.5, 0.6) is 0 Å². The summed E-state index contributed by atoms with van der Waals surface area (Å²) in [6.07, 6.45) is 2.31. The topological polar surface area (TPSA) is 41.0 Å². The number of nitrogens with one attached hydrogen (secondary N) is 1. The Morgan fingerprint density at radius 3 is 3.05 bits per heavy atom. The molecule has 0 aliphatic carbocycles. The van der Waals surface area contributed by atoms with E-state index in [4.69, 9.17) is 11.6 Å². The summed E-state index contributed by atoms with van der Waals surface area (Å²) in [5.41, 5.74) is 0.910. The van der Waals surface area contributed by atoms with Crippen LogP contribution < -0.4 is 10.2 Å². The van der Waals surface area contributed by atoms with Crippen LogP contribution in [0.2, 0.25) is 5.28 Å². The second kappa shape index (κ2) is 5.94. The molecule has 1 atom stereocenters. The SMILES string of the molecule is CCCN[C@H]1CCN(c2nc(Cl)nc3ccccc23)C1. The Bertz CT molecular complexity index is 601. The molecule has 1 N–H and O–H groups in total. The summed E-state index contributed by atoms with van der Waals surface area (Å²) in [6.45, 7) is 5.26. The van der Waals surface area contributed by atoms with E-state index in [1.165, 1.54) is 6.42 Å². The number of hydrogen-bond donors (Lipinski definition) is 1. The summed E-state index contributed by atoms with van der Waals surface area (Å²) in [4.78, 5) is 11.0. The fraction of sp³-hybridized carbons (Fsp3) is 0.467. The maximum absolute atomic E-state index is 6.06. The molecule has 2 aromatic rings. The minimum atomic E-state index is 0.323. The van der Waals surface area contributed by atoms with Crippen LogP contribution in [-0.4, -0.2) is 35.6 Å². The molecule has 0 unspecified atom stereocenters. The molecule has 1 aliphatic heterocycles. The van der Waals surface area contributed by atoms with Crippen LogP contribution in [0.1, 0.15) is 19.8 Å². The summed E-state index contributed by atoms with van der Waals surface area (Å²) < 4.78 is 0. The number of fused-ring (bicyclic) bond motifs is 1. The van der Waals surface area contributed by atoms with Crippen LogP contribution in [0.25, 0.3) is 10.9 Å². The van der Waals surface area contributed by atoms with E-state index in [9.17, 15) is 0 Å². The smallest absolute Gasteiger partial charge is 0.224 e. The van der Waals surface area contributed by atoms with Crippen molar-refractivity contribution in [3.05, 3.63) is 29.5 Å². The van der Waals surface area contributed by atoms with Crippen LogP contribution in [0.4, 0.5) is 5.82 Å². The van der Waals surface area contributed by atoms with Crippen molar-refractivity contribution >= 4 is 28.3 Å². The van der Waals surface area contributed by atoms with Gasteiger partial charge >= 0.3 is 0 Å². The summed E-state index contributed by atoms with van der Waals surface area (Å²) >= 11 is 6.06. The molecule has 1 fully saturated rings. The third-order valence-electron chi connectivity index (χ3n) is 3.73. The third-order valence-corrected chi connectivity index (χ3v) is 3.90. The van der Waals surface area contributed by atoms with Gasteiger partial charge in [-0.1, -0.05) is 19.1 Å². The van der Waals surface area contributed by atoms with Gasteiger partial charge in [0.05, 0.1) is 5.52 Å². The summed E-state index contributed by atoms with van der Waals surface area (Å²) in [6, 6.07) is 8.59. The van der Waals surface area contributed by atoms with Gasteiger partial charge in [-0.3, -0.25) is 0 Å². The maximum Gasteiger partial charge on any atom is 0.224 e. The maximum atomic E-state index is 6.06. The molecule has 3 rings (SSSR count). The van der Waals surface area contributed by atoms with Crippen molar-refractivity contribution in [2.45, 2.75) is 25.8 Å². The second-order valence-electron chi connectivity index (χ2n) is 5.22. The lowest BCUT2D eigenvalue weighted by atomic mass is 10.2. The summed E-state index contributed by atoms with van der Waals surface area (Å²) in [5.74, 6) is 0.960. The van der Waals surface area contributed by atoms with Gasteiger partial charge in [-0.15, -0.1) is 0 Å². The molecule has 0 bridgehead atoms. The lowest BCUT2D eigenvalue weighted by Crippen LogP contribution is -2.33. The number of nitrogens with zero attached hydrogens (tertiary/aromatic N) is 3. The molecule has 0 radical (unpaired) electrons. The Morgan fingerprint density at radius 1 is 1.35 bits per heavy atom. The molecule has 106 valence electrons. The minimum absolute atomic E-state index is 0.323. The monoisotopic (exact) mass is 290 g/mol. The Balaban J connectivity index is 1.87. The summed E-state index contributed by atoms with van der Waals surface area (Å²) in [5, 5.41) is 4.98. The van der Waals surface area contributed by atoms with E-state index in [1.807, 2.05) is 18.2 Å². The first-order valence-electron chi connectivity index (χ1n) is 7.18. The average Bonchev–Trinajstić information content (AvgIpc) is 2.93. The normalized spacial score (nSPS) is 18.9. The molecule has 4 nitrogen and oxygen atoms in total. The average molecular weight is 291 g/mol. The molecule has 1 aliphatic rings. The Labute approximate surface area is 124 Å². The standard InChI is InChI=1S/C15H19ClN4/c1-2-8-17-11-7-9-20(10-11)14-12-5-3-4-6-13(12)18-15(16)19-14/h3-6,11,17H,2,7-10H2,1H3/t11-/m0/s1. The molecular weight excluding hydrogens is 272 g/mol. The van der Waals surface area contributed by atoms with E-state index in [0.717, 1.165) is 42.8 Å². The fourth-order valence-corrected chi connectivity index (χ4v) is 2.91. The molecule has 2 heterocycles. The number of aromatic nitrogens is 2. The van der Waals surface area contributed by atoms with Crippen LogP contribution in [0, 0.1) is 0 Å². The highest BCUT2D eigenvalue weighted by Crippen LogP contribution is 2.27. The van der Waals surface area contributed by atoms with Crippen molar-refractivity contribution in [1.29, 1.82) is 0 Å². The van der Waals surface area contributed by atoms with E-state index in [-0.39, 0.29) is 0 Å². The van der Waals surface area contributed by atoms with Crippen molar-refractivity contribution < 1.29 is 0 Å². The van der Waals surface area contributed by atoms with E-state index >= 15 is 0 Å². The zero-order valence-corrected chi connectivity index (χ0v) is 12.4. The van der Waals surface area contributed by atoms with Crippen molar-refractivity contribution in [2.75, 3.05) is 24.5 Å². The highest BCUT2D eigenvalue weighted by Gasteiger charge is 2.24. The lowest BCUT2D eigenvalue weighted by molar-refractivity contribution is 0.549. The van der Waals surface area contributed by atoms with Gasteiger partial charge in [0.2, 0.25) is 5.28 Å². The molecule has 0 spiro atoms. The Kier molecular flexibility index (Phi) is 4.03. The Morgan fingerprint density at radius 2 is 2.20 bits per heavy atom. The van der Waals surface area contributed by atoms with Gasteiger partial charge in [0.15, 0.2) is 0 Å². The summed E-state index contributed by atoms with van der Waals surface area (Å²) in [7, 11) is 0. The molecule has 0 amide bonds. The molecule has 5 heteroatoms. The van der Waals surface area contributed by atoms with Crippen molar-refractivity contribution in [3.63, 3.8) is 0 Å². The molecule has 0 saturated carbocycles. The van der Waals surface area contributed by atoms with Gasteiger partial charge in [-0.05, 0) is 43.1 Å². The molecule has 1 aromatic heterocycles. The van der Waals surface area contributed by atoms with Crippen molar-refractivity contribution in [2.24, 2.45) is 0 Å². The van der Waals surface area contributed by atoms with Gasteiger partial charge in [-0.2, -0.15) is 4.98 Å². The van der Waals surface area contributed by atoms with Crippen molar-refractivity contribution in [1.82, 2.24) is 15.3 Å². The first-order chi connectivity index (χ1) is 9.78. The zero-order valence-electron chi connectivity index (χ0n) is 11.6. The van der Waals surface area contributed by atoms with Crippen LogP contribution >= 0.6 is 11.6 Å². The molecular formula is C15H19ClN4. The molecule has 1 aromatic carbocycles. The quantitative estimate of drug-likeness (QED) is 0.879. The zero-order chi connectivity index (χ0) is 13.9. The Hall–Kier alpha value is -1.39. The highest BCUT2D eigenvalue weighted by atomic mass is 35.5. The fourth-order valence-electron chi connectivity index (χ4n) is 2.74. The number of hydrogen-bond acceptors (Lipinski definition) is 4. The number of benzene rings is 1. The number of para-hydroxylation sites is 1. The second-order valence-corrected chi connectivity index (χ2v) is 5.56. The van der Waals surface area contributed by atoms with Crippen LogP contribution in [0.15, 0.2) is 24.3 Å². The van der Waals surface area contributed by atoms with Crippen LogP contribution in [0.3, 0.4) is 0 Å². The van der Waals surface area contributed by atoms with Gasteiger partial charge in [-0.25, -0.2) is 4.98 Å². The number of anilines is 1. The largest absolute Gasteiger partial charge is 0.354 e. The van der Waals surface area contributed by atoms with E-state index in [2.05, 4.69) is 33.2 Å². The molecule has 1 saturated heterocycles. The lowest BCUT2D eigenvalue weighted by Gasteiger charge is -2.19. The van der Waals surface area contributed by atoms with Crippen LogP contribution in [-0.2, 0) is 0 Å². The van der Waals surface area contributed by atoms with Gasteiger partial charge in [0, 0.05) is 24.5 Å². The predicted molar refractivity (Wildman–Crippen MR) is 83.5 cm³/mol. The number of rotatable bonds is 4. The van der Waals surface area contributed by atoms with E-state index in [1.54, 1.807) is 0 Å². The predicted octanol–water partition coefficient (Wildman–Crippen LogP) is 2.86. The minimum Gasteiger partial charge on any atom is -0.354 e. The highest BCUT2D eigenvalue weighted by molar-refractivity contribution is 6.28. The number of halogens is 1. The van der Waals surface area contributed by atoms with Crippen molar-refractivity contribution in [3.8, 4) is 0 Å². The van der Waals surface area contributed by atoms with E-state index in [0.29, 0.717) is 11.3 Å². The first-order valence-corrected chi connectivity index (χ1v) is 7.56. The third kappa shape index (κ3) is 2.72. The van der Waals surface area contributed by atoms with Gasteiger partial charge in [0.25, 0.3) is 0 Å². The molecule has 20 heavy (non-hydrogen) atoms. The van der Waals surface area contributed by atoms with Gasteiger partial charge < -0.3 is 10.2 Å². The van der Waals surface area contributed by atoms with Gasteiger partial charge in [0.1, 0.15) is 5.82 Å². The van der Waals surface area contributed by atoms with E-state index < -0.39 is 0 Å².